The van der Waals surface area contributed by atoms with Gasteiger partial charge in [0, 0.05) is 6.04 Å². The van der Waals surface area contributed by atoms with E-state index < -0.39 is 6.04 Å². The van der Waals surface area contributed by atoms with Crippen LogP contribution in [0.2, 0.25) is 0 Å². The summed E-state index contributed by atoms with van der Waals surface area (Å²) in [7, 11) is 2.86. The highest BCUT2D eigenvalue weighted by atomic mass is 35.5. The van der Waals surface area contributed by atoms with Crippen LogP contribution in [-0.2, 0) is 9.53 Å². The third-order valence-electron chi connectivity index (χ3n) is 2.72. The summed E-state index contributed by atoms with van der Waals surface area (Å²) < 4.78 is 20.4. The van der Waals surface area contributed by atoms with Gasteiger partial charge in [-0.15, -0.1) is 12.4 Å². The molecule has 6 nitrogen and oxygen atoms in total. The lowest BCUT2D eigenvalue weighted by atomic mass is 10.0. The lowest BCUT2D eigenvalue weighted by molar-refractivity contribution is -0.141. The maximum absolute atomic E-state index is 11.2. The standard InChI is InChI=1S/C12H15NO5.ClH/c1-15-9-3-7(8(13)5-11(14)16-2)4-10-12(9)18-6-17-10;/h3-4,8H,5-6,13H2,1-2H3;1H/t8-;/m0./s1. The van der Waals surface area contributed by atoms with Crippen molar-refractivity contribution in [1.29, 1.82) is 0 Å². The average molecular weight is 290 g/mol. The maximum atomic E-state index is 11.2. The Morgan fingerprint density at radius 1 is 1.42 bits per heavy atom. The third-order valence-corrected chi connectivity index (χ3v) is 2.72. The van der Waals surface area contributed by atoms with Gasteiger partial charge >= 0.3 is 5.97 Å². The Morgan fingerprint density at radius 2 is 2.16 bits per heavy atom. The van der Waals surface area contributed by atoms with Gasteiger partial charge in [-0.05, 0) is 17.7 Å². The van der Waals surface area contributed by atoms with E-state index >= 15 is 0 Å². The second-order valence-electron chi connectivity index (χ2n) is 3.84. The number of benzene rings is 1. The Labute approximate surface area is 117 Å². The summed E-state index contributed by atoms with van der Waals surface area (Å²) in [5.74, 6) is 1.32. The molecule has 1 atom stereocenters. The van der Waals surface area contributed by atoms with Crippen molar-refractivity contribution < 1.29 is 23.7 Å². The number of esters is 1. The fourth-order valence-electron chi connectivity index (χ4n) is 1.74. The van der Waals surface area contributed by atoms with Crippen molar-refractivity contribution in [3.8, 4) is 17.2 Å². The topological polar surface area (TPSA) is 80.0 Å². The highest BCUT2D eigenvalue weighted by Gasteiger charge is 2.22. The van der Waals surface area contributed by atoms with Crippen LogP contribution in [0, 0.1) is 0 Å². The lowest BCUT2D eigenvalue weighted by Crippen LogP contribution is -2.16. The molecule has 1 aliphatic heterocycles. The number of ether oxygens (including phenoxy) is 4. The minimum Gasteiger partial charge on any atom is -0.493 e. The van der Waals surface area contributed by atoms with Gasteiger partial charge in [0.05, 0.1) is 20.6 Å². The number of hydrogen-bond acceptors (Lipinski definition) is 6. The zero-order valence-corrected chi connectivity index (χ0v) is 11.5. The Bertz CT molecular complexity index is 466. The van der Waals surface area contributed by atoms with Gasteiger partial charge in [0.1, 0.15) is 0 Å². The third kappa shape index (κ3) is 3.21. The van der Waals surface area contributed by atoms with Gasteiger partial charge in [0.2, 0.25) is 12.5 Å². The first-order chi connectivity index (χ1) is 8.65. The highest BCUT2D eigenvalue weighted by Crippen LogP contribution is 2.43. The number of fused-ring (bicyclic) bond motifs is 1. The van der Waals surface area contributed by atoms with Crippen molar-refractivity contribution >= 4 is 18.4 Å². The molecule has 7 heteroatoms. The SMILES string of the molecule is COC(=O)C[C@H](N)c1cc(OC)c2c(c1)OCO2.Cl. The summed E-state index contributed by atoms with van der Waals surface area (Å²) in [6.45, 7) is 0.154. The molecule has 106 valence electrons. The monoisotopic (exact) mass is 289 g/mol. The number of hydrogen-bond donors (Lipinski definition) is 1. The largest absolute Gasteiger partial charge is 0.493 e. The normalized spacial score (nSPS) is 13.4. The molecule has 0 fully saturated rings. The van der Waals surface area contributed by atoms with Crippen LogP contribution in [0.1, 0.15) is 18.0 Å². The second-order valence-corrected chi connectivity index (χ2v) is 3.84. The van der Waals surface area contributed by atoms with Gasteiger partial charge in [-0.25, -0.2) is 0 Å². The molecule has 0 amide bonds. The molecule has 0 saturated heterocycles. The summed E-state index contributed by atoms with van der Waals surface area (Å²) in [5, 5.41) is 0. The van der Waals surface area contributed by atoms with Crippen LogP contribution in [0.25, 0.3) is 0 Å². The molecular weight excluding hydrogens is 274 g/mol. The smallest absolute Gasteiger partial charge is 0.307 e. The van der Waals surface area contributed by atoms with E-state index in [0.717, 1.165) is 5.56 Å². The van der Waals surface area contributed by atoms with Crippen LogP contribution in [0.15, 0.2) is 12.1 Å². The number of methoxy groups -OCH3 is 2. The van der Waals surface area contributed by atoms with Gasteiger partial charge in [0.25, 0.3) is 0 Å². The van der Waals surface area contributed by atoms with Crippen molar-refractivity contribution in [3.63, 3.8) is 0 Å². The van der Waals surface area contributed by atoms with E-state index in [1.54, 1.807) is 12.1 Å². The molecule has 0 saturated carbocycles. The first kappa shape index (κ1) is 15.4. The van der Waals surface area contributed by atoms with E-state index in [1.165, 1.54) is 14.2 Å². The zero-order valence-electron chi connectivity index (χ0n) is 10.7. The molecule has 19 heavy (non-hydrogen) atoms. The van der Waals surface area contributed by atoms with Crippen LogP contribution in [0.4, 0.5) is 0 Å². The average Bonchev–Trinajstić information content (AvgIpc) is 2.85. The van der Waals surface area contributed by atoms with Crippen LogP contribution in [-0.4, -0.2) is 27.0 Å². The predicted octanol–water partition coefficient (Wildman–Crippen LogP) is 1.41. The molecule has 0 radical (unpaired) electrons. The molecule has 2 N–H and O–H groups in total. The van der Waals surface area contributed by atoms with Crippen molar-refractivity contribution in [1.82, 2.24) is 0 Å². The first-order valence-electron chi connectivity index (χ1n) is 5.45. The van der Waals surface area contributed by atoms with Crippen LogP contribution < -0.4 is 19.9 Å². The van der Waals surface area contributed by atoms with E-state index in [9.17, 15) is 4.79 Å². The number of nitrogens with two attached hydrogens (primary N) is 1. The molecule has 1 aromatic carbocycles. The van der Waals surface area contributed by atoms with Crippen molar-refractivity contribution in [2.75, 3.05) is 21.0 Å². The molecule has 1 heterocycles. The Hall–Kier alpha value is -1.66. The fraction of sp³-hybridized carbons (Fsp3) is 0.417. The fourth-order valence-corrected chi connectivity index (χ4v) is 1.74. The van der Waals surface area contributed by atoms with Crippen LogP contribution in [0.3, 0.4) is 0 Å². The molecule has 0 bridgehead atoms. The number of carbonyl (C=O) groups is 1. The molecule has 0 unspecified atom stereocenters. The van der Waals surface area contributed by atoms with E-state index in [1.807, 2.05) is 0 Å². The van der Waals surface area contributed by atoms with E-state index in [4.69, 9.17) is 19.9 Å². The number of rotatable bonds is 4. The molecular formula is C12H16ClNO5. The van der Waals surface area contributed by atoms with Crippen molar-refractivity contribution in [2.45, 2.75) is 12.5 Å². The molecule has 0 aromatic heterocycles. The van der Waals surface area contributed by atoms with Crippen molar-refractivity contribution in [3.05, 3.63) is 17.7 Å². The van der Waals surface area contributed by atoms with Crippen molar-refractivity contribution in [2.24, 2.45) is 5.73 Å². The van der Waals surface area contributed by atoms with Gasteiger partial charge < -0.3 is 24.7 Å². The highest BCUT2D eigenvalue weighted by molar-refractivity contribution is 5.85. The van der Waals surface area contributed by atoms with Crippen LogP contribution in [0.5, 0.6) is 17.2 Å². The van der Waals surface area contributed by atoms with Gasteiger partial charge in [-0.1, -0.05) is 0 Å². The van der Waals surface area contributed by atoms with Gasteiger partial charge in [0.15, 0.2) is 11.5 Å². The Balaban J connectivity index is 0.00000180. The van der Waals surface area contributed by atoms with Crippen LogP contribution >= 0.6 is 12.4 Å². The van der Waals surface area contributed by atoms with E-state index in [0.29, 0.717) is 17.2 Å². The number of halogens is 1. The molecule has 1 aromatic rings. The molecule has 0 spiro atoms. The summed E-state index contributed by atoms with van der Waals surface area (Å²) in [4.78, 5) is 11.2. The summed E-state index contributed by atoms with van der Waals surface area (Å²) in [6, 6.07) is 3.01. The Kier molecular flexibility index (Phi) is 5.26. The van der Waals surface area contributed by atoms with E-state index in [-0.39, 0.29) is 31.6 Å². The van der Waals surface area contributed by atoms with E-state index in [2.05, 4.69) is 4.74 Å². The lowest BCUT2D eigenvalue weighted by Gasteiger charge is -2.13. The Morgan fingerprint density at radius 3 is 2.79 bits per heavy atom. The summed E-state index contributed by atoms with van der Waals surface area (Å²) >= 11 is 0. The predicted molar refractivity (Wildman–Crippen MR) is 69.9 cm³/mol. The zero-order chi connectivity index (χ0) is 13.1. The summed E-state index contributed by atoms with van der Waals surface area (Å²) in [5.41, 5.74) is 6.67. The minimum absolute atomic E-state index is 0. The molecule has 2 rings (SSSR count). The molecule has 1 aliphatic rings. The summed E-state index contributed by atoms with van der Waals surface area (Å²) in [6.07, 6.45) is 0.0965. The quantitative estimate of drug-likeness (QED) is 0.844. The second kappa shape index (κ2) is 6.49. The maximum Gasteiger partial charge on any atom is 0.307 e. The molecule has 0 aliphatic carbocycles. The number of carbonyl (C=O) groups excluding carboxylic acids is 1. The van der Waals surface area contributed by atoms with Gasteiger partial charge in [-0.2, -0.15) is 0 Å². The first-order valence-corrected chi connectivity index (χ1v) is 5.45. The minimum atomic E-state index is -0.471. The van der Waals surface area contributed by atoms with Gasteiger partial charge in [-0.3, -0.25) is 4.79 Å².